The van der Waals surface area contributed by atoms with Gasteiger partial charge in [-0.2, -0.15) is 0 Å². The summed E-state index contributed by atoms with van der Waals surface area (Å²) in [6.45, 7) is 10.7. The number of hydrogen-bond donors (Lipinski definition) is 1. The van der Waals surface area contributed by atoms with Gasteiger partial charge < -0.3 is 10.2 Å². The molecule has 1 aliphatic heterocycles. The van der Waals surface area contributed by atoms with Crippen molar-refractivity contribution in [2.75, 3.05) is 33.2 Å². The summed E-state index contributed by atoms with van der Waals surface area (Å²) in [7, 11) is 2.18. The average molecular weight is 182 g/mol. The molecule has 0 aromatic rings. The van der Waals surface area contributed by atoms with E-state index >= 15 is 0 Å². The second-order valence-electron chi connectivity index (χ2n) is 4.55. The Morgan fingerprint density at radius 3 is 2.62 bits per heavy atom. The van der Waals surface area contributed by atoms with Gasteiger partial charge in [0.1, 0.15) is 0 Å². The zero-order valence-corrected chi connectivity index (χ0v) is 8.97. The van der Waals surface area contributed by atoms with E-state index in [0.29, 0.717) is 5.41 Å². The summed E-state index contributed by atoms with van der Waals surface area (Å²) in [6.07, 6.45) is 4.58. The fraction of sp³-hybridized carbons (Fsp3) is 0.818. The minimum Gasteiger partial charge on any atom is -0.317 e. The van der Waals surface area contributed by atoms with Gasteiger partial charge in [0.15, 0.2) is 0 Å². The summed E-state index contributed by atoms with van der Waals surface area (Å²) >= 11 is 0. The number of likely N-dealkylation sites (N-methyl/N-ethyl adjacent to an activating group) is 1. The van der Waals surface area contributed by atoms with Gasteiger partial charge in [0, 0.05) is 13.1 Å². The molecule has 0 atom stereocenters. The lowest BCUT2D eigenvalue weighted by Gasteiger charge is -2.37. The molecule has 13 heavy (non-hydrogen) atoms. The van der Waals surface area contributed by atoms with Crippen molar-refractivity contribution in [3.05, 3.63) is 12.7 Å². The van der Waals surface area contributed by atoms with E-state index in [1.54, 1.807) is 0 Å². The van der Waals surface area contributed by atoms with Gasteiger partial charge in [-0.25, -0.2) is 0 Å². The molecule has 1 N–H and O–H groups in total. The van der Waals surface area contributed by atoms with Gasteiger partial charge in [-0.3, -0.25) is 0 Å². The van der Waals surface area contributed by atoms with E-state index in [1.807, 2.05) is 6.08 Å². The largest absolute Gasteiger partial charge is 0.317 e. The molecule has 0 aliphatic carbocycles. The van der Waals surface area contributed by atoms with Crippen molar-refractivity contribution in [3.8, 4) is 0 Å². The summed E-state index contributed by atoms with van der Waals surface area (Å²) in [5.41, 5.74) is 0.517. The summed E-state index contributed by atoms with van der Waals surface area (Å²) in [4.78, 5) is 2.36. The quantitative estimate of drug-likeness (QED) is 0.663. The molecule has 1 fully saturated rings. The van der Waals surface area contributed by atoms with Crippen LogP contribution >= 0.6 is 0 Å². The Kier molecular flexibility index (Phi) is 3.94. The van der Waals surface area contributed by atoms with Crippen molar-refractivity contribution in [2.45, 2.75) is 19.8 Å². The monoisotopic (exact) mass is 182 g/mol. The second-order valence-corrected chi connectivity index (χ2v) is 4.55. The molecule has 0 bridgehead atoms. The van der Waals surface area contributed by atoms with Crippen LogP contribution in [0.15, 0.2) is 12.7 Å². The van der Waals surface area contributed by atoms with Crippen LogP contribution in [0.3, 0.4) is 0 Å². The first-order valence-electron chi connectivity index (χ1n) is 5.16. The predicted molar refractivity (Wildman–Crippen MR) is 57.9 cm³/mol. The van der Waals surface area contributed by atoms with Crippen LogP contribution in [-0.4, -0.2) is 38.1 Å². The van der Waals surface area contributed by atoms with Crippen LogP contribution in [0.2, 0.25) is 0 Å². The molecule has 2 heteroatoms. The van der Waals surface area contributed by atoms with E-state index in [-0.39, 0.29) is 0 Å². The Balaban J connectivity index is 2.35. The van der Waals surface area contributed by atoms with Gasteiger partial charge >= 0.3 is 0 Å². The zero-order valence-electron chi connectivity index (χ0n) is 8.97. The molecule has 1 aliphatic rings. The molecule has 1 heterocycles. The Hall–Kier alpha value is -0.340. The van der Waals surface area contributed by atoms with Crippen LogP contribution in [0.4, 0.5) is 0 Å². The summed E-state index contributed by atoms with van der Waals surface area (Å²) in [6, 6.07) is 0. The number of nitrogens with one attached hydrogen (secondary N) is 1. The molecule has 0 aromatic carbocycles. The van der Waals surface area contributed by atoms with Gasteiger partial charge in [0.05, 0.1) is 0 Å². The predicted octanol–water partition coefficient (Wildman–Crippen LogP) is 1.49. The van der Waals surface area contributed by atoms with E-state index in [1.165, 1.54) is 32.5 Å². The third-order valence-electron chi connectivity index (χ3n) is 2.90. The lowest BCUT2D eigenvalue weighted by molar-refractivity contribution is 0.156. The van der Waals surface area contributed by atoms with Crippen molar-refractivity contribution >= 4 is 0 Å². The highest BCUT2D eigenvalue weighted by atomic mass is 15.1. The maximum absolute atomic E-state index is 3.76. The Bertz CT molecular complexity index is 159. The zero-order chi connectivity index (χ0) is 9.73. The number of rotatable bonds is 4. The normalized spacial score (nSPS) is 21.8. The van der Waals surface area contributed by atoms with Crippen LogP contribution in [0.5, 0.6) is 0 Å². The Morgan fingerprint density at radius 1 is 1.46 bits per heavy atom. The molecule has 2 nitrogen and oxygen atoms in total. The standard InChI is InChI=1S/C11H22N2/c1-4-9-13(3)10-11(2)5-7-12-8-6-11/h4,12H,1,5-10H2,2-3H3. The molecule has 76 valence electrons. The fourth-order valence-electron chi connectivity index (χ4n) is 2.13. The third kappa shape index (κ3) is 3.49. The van der Waals surface area contributed by atoms with Gasteiger partial charge in [-0.1, -0.05) is 13.0 Å². The van der Waals surface area contributed by atoms with Crippen LogP contribution in [-0.2, 0) is 0 Å². The SMILES string of the molecule is C=CCN(C)CC1(C)CCNCC1. The van der Waals surface area contributed by atoms with E-state index in [2.05, 4.69) is 30.8 Å². The van der Waals surface area contributed by atoms with E-state index in [4.69, 9.17) is 0 Å². The molecule has 0 radical (unpaired) electrons. The van der Waals surface area contributed by atoms with Crippen LogP contribution in [0, 0.1) is 5.41 Å². The van der Waals surface area contributed by atoms with Gasteiger partial charge in [0.2, 0.25) is 0 Å². The molecular formula is C11H22N2. The summed E-state index contributed by atoms with van der Waals surface area (Å²) in [5.74, 6) is 0. The van der Waals surface area contributed by atoms with Crippen molar-refractivity contribution in [2.24, 2.45) is 5.41 Å². The first-order valence-corrected chi connectivity index (χ1v) is 5.16. The molecule has 1 rings (SSSR count). The molecular weight excluding hydrogens is 160 g/mol. The van der Waals surface area contributed by atoms with E-state index < -0.39 is 0 Å². The highest BCUT2D eigenvalue weighted by Crippen LogP contribution is 2.28. The van der Waals surface area contributed by atoms with E-state index in [9.17, 15) is 0 Å². The minimum atomic E-state index is 0.517. The highest BCUT2D eigenvalue weighted by Gasteiger charge is 2.27. The van der Waals surface area contributed by atoms with Crippen LogP contribution in [0.25, 0.3) is 0 Å². The average Bonchev–Trinajstić information content (AvgIpc) is 2.04. The molecule has 0 saturated carbocycles. The first kappa shape index (κ1) is 10.7. The Labute approximate surface area is 82.0 Å². The van der Waals surface area contributed by atoms with Crippen molar-refractivity contribution in [3.63, 3.8) is 0 Å². The molecule has 0 aromatic heterocycles. The topological polar surface area (TPSA) is 15.3 Å². The fourth-order valence-corrected chi connectivity index (χ4v) is 2.13. The minimum absolute atomic E-state index is 0.517. The van der Waals surface area contributed by atoms with Crippen molar-refractivity contribution < 1.29 is 0 Å². The smallest absolute Gasteiger partial charge is 0.0157 e. The maximum atomic E-state index is 3.76. The number of hydrogen-bond acceptors (Lipinski definition) is 2. The van der Waals surface area contributed by atoms with Crippen molar-refractivity contribution in [1.82, 2.24) is 10.2 Å². The summed E-state index contributed by atoms with van der Waals surface area (Å²) in [5, 5.41) is 3.41. The number of piperidine rings is 1. The lowest BCUT2D eigenvalue weighted by atomic mass is 9.80. The number of nitrogens with zero attached hydrogens (tertiary/aromatic N) is 1. The van der Waals surface area contributed by atoms with E-state index in [0.717, 1.165) is 6.54 Å². The van der Waals surface area contributed by atoms with Gasteiger partial charge in [-0.05, 0) is 38.4 Å². The van der Waals surface area contributed by atoms with Gasteiger partial charge in [-0.15, -0.1) is 6.58 Å². The molecule has 0 unspecified atom stereocenters. The van der Waals surface area contributed by atoms with Crippen LogP contribution in [0.1, 0.15) is 19.8 Å². The second kappa shape index (κ2) is 4.77. The Morgan fingerprint density at radius 2 is 2.08 bits per heavy atom. The lowest BCUT2D eigenvalue weighted by Crippen LogP contribution is -2.41. The third-order valence-corrected chi connectivity index (χ3v) is 2.90. The highest BCUT2D eigenvalue weighted by molar-refractivity contribution is 4.84. The van der Waals surface area contributed by atoms with Crippen LogP contribution < -0.4 is 5.32 Å². The van der Waals surface area contributed by atoms with Crippen molar-refractivity contribution in [1.29, 1.82) is 0 Å². The van der Waals surface area contributed by atoms with Gasteiger partial charge in [0.25, 0.3) is 0 Å². The maximum Gasteiger partial charge on any atom is 0.0157 e. The summed E-state index contributed by atoms with van der Waals surface area (Å²) < 4.78 is 0. The molecule has 0 spiro atoms. The molecule has 1 saturated heterocycles. The molecule has 0 amide bonds. The first-order chi connectivity index (χ1) is 6.16.